The van der Waals surface area contributed by atoms with Crippen LogP contribution in [0.15, 0.2) is 86.8 Å². The maximum atomic E-state index is 13.1. The molecule has 34 heavy (non-hydrogen) atoms. The van der Waals surface area contributed by atoms with Gasteiger partial charge in [0.25, 0.3) is 5.56 Å². The van der Waals surface area contributed by atoms with E-state index >= 15 is 0 Å². The molecule has 0 aliphatic carbocycles. The van der Waals surface area contributed by atoms with E-state index in [9.17, 15) is 14.4 Å². The Morgan fingerprint density at radius 1 is 0.941 bits per heavy atom. The maximum Gasteiger partial charge on any atom is 0.364 e. The fraction of sp³-hybridized carbons (Fsp3) is 0.111. The molecule has 0 N–H and O–H groups in total. The van der Waals surface area contributed by atoms with Crippen LogP contribution in [0.2, 0.25) is 0 Å². The molecule has 5 aromatic rings. The number of ether oxygens (including phenoxy) is 1. The van der Waals surface area contributed by atoms with E-state index in [0.717, 1.165) is 5.56 Å². The van der Waals surface area contributed by atoms with Crippen molar-refractivity contribution in [1.82, 2.24) is 9.78 Å². The fourth-order valence-corrected chi connectivity index (χ4v) is 4.04. The molecule has 7 heteroatoms. The van der Waals surface area contributed by atoms with Crippen LogP contribution in [0.25, 0.3) is 32.9 Å². The fourth-order valence-electron chi connectivity index (χ4n) is 4.04. The van der Waals surface area contributed by atoms with Crippen LogP contribution in [0, 0.1) is 6.92 Å². The number of hydrogen-bond donors (Lipinski definition) is 0. The molecule has 168 valence electrons. The Bertz CT molecular complexity index is 1680. The minimum Gasteiger partial charge on any atom is -0.460 e. The molecule has 5 rings (SSSR count). The summed E-state index contributed by atoms with van der Waals surface area (Å²) in [6, 6.07) is 20.7. The van der Waals surface area contributed by atoms with Crippen molar-refractivity contribution in [2.45, 2.75) is 20.4 Å². The molecular weight excluding hydrogens is 432 g/mol. The average molecular weight is 452 g/mol. The van der Waals surface area contributed by atoms with Crippen molar-refractivity contribution in [3.63, 3.8) is 0 Å². The van der Waals surface area contributed by atoms with Gasteiger partial charge in [0.05, 0.1) is 16.3 Å². The largest absolute Gasteiger partial charge is 0.460 e. The normalized spacial score (nSPS) is 11.1. The zero-order valence-corrected chi connectivity index (χ0v) is 18.6. The first-order valence-corrected chi connectivity index (χ1v) is 10.8. The van der Waals surface area contributed by atoms with Crippen LogP contribution in [0.5, 0.6) is 5.75 Å². The summed E-state index contributed by atoms with van der Waals surface area (Å²) in [5.74, 6) is -0.0415. The number of aryl methyl sites for hydroxylation is 2. The highest BCUT2D eigenvalue weighted by Gasteiger charge is 2.19. The van der Waals surface area contributed by atoms with Crippen LogP contribution in [-0.4, -0.2) is 15.7 Å². The monoisotopic (exact) mass is 452 g/mol. The van der Waals surface area contributed by atoms with Gasteiger partial charge in [-0.05, 0) is 37.6 Å². The summed E-state index contributed by atoms with van der Waals surface area (Å²) >= 11 is 0. The quantitative estimate of drug-likeness (QED) is 0.290. The first-order chi connectivity index (χ1) is 16.5. The molecule has 0 aliphatic rings. The minimum absolute atomic E-state index is 0.0363. The first kappa shape index (κ1) is 21.3. The lowest BCUT2D eigenvalue weighted by atomic mass is 10.0. The van der Waals surface area contributed by atoms with Gasteiger partial charge in [-0.1, -0.05) is 48.5 Å². The third-order valence-electron chi connectivity index (χ3n) is 5.67. The van der Waals surface area contributed by atoms with E-state index in [1.165, 1.54) is 10.7 Å². The molecule has 3 aromatic carbocycles. The molecule has 0 radical (unpaired) electrons. The van der Waals surface area contributed by atoms with E-state index in [2.05, 4.69) is 5.10 Å². The Balaban J connectivity index is 1.56. The molecule has 0 saturated heterocycles. The minimum atomic E-state index is -0.710. The molecule has 2 heterocycles. The standard InChI is InChI=1S/C27H20N2O5/c1-3-29-26(31)20-12-8-7-11-19(20)24(28-29)27(32)34-18-13-14-21-22(15-18)33-16(2)23(25(21)30)17-9-5-4-6-10-17/h4-15H,3H2,1-2H3. The number of nitrogens with zero attached hydrogens (tertiary/aromatic N) is 2. The number of benzene rings is 3. The summed E-state index contributed by atoms with van der Waals surface area (Å²) in [6.07, 6.45) is 0. The Morgan fingerprint density at radius 2 is 1.65 bits per heavy atom. The predicted molar refractivity (Wildman–Crippen MR) is 129 cm³/mol. The molecule has 0 fully saturated rings. The molecule has 0 amide bonds. The highest BCUT2D eigenvalue weighted by atomic mass is 16.5. The van der Waals surface area contributed by atoms with Crippen LogP contribution >= 0.6 is 0 Å². The lowest BCUT2D eigenvalue weighted by molar-refractivity contribution is 0.0728. The van der Waals surface area contributed by atoms with Crippen molar-refractivity contribution in [1.29, 1.82) is 0 Å². The topological polar surface area (TPSA) is 91.4 Å². The van der Waals surface area contributed by atoms with E-state index in [0.29, 0.717) is 39.6 Å². The lowest BCUT2D eigenvalue weighted by Crippen LogP contribution is -2.26. The van der Waals surface area contributed by atoms with E-state index in [1.807, 2.05) is 30.3 Å². The summed E-state index contributed by atoms with van der Waals surface area (Å²) < 4.78 is 12.7. The number of fused-ring (bicyclic) bond motifs is 2. The number of esters is 1. The van der Waals surface area contributed by atoms with Crippen molar-refractivity contribution in [2.24, 2.45) is 0 Å². The second kappa shape index (κ2) is 8.44. The summed E-state index contributed by atoms with van der Waals surface area (Å²) in [5, 5.41) is 5.39. The highest BCUT2D eigenvalue weighted by Crippen LogP contribution is 2.27. The van der Waals surface area contributed by atoms with Crippen LogP contribution in [0.4, 0.5) is 0 Å². The van der Waals surface area contributed by atoms with Crippen molar-refractivity contribution in [2.75, 3.05) is 0 Å². The van der Waals surface area contributed by atoms with Gasteiger partial charge in [-0.25, -0.2) is 9.48 Å². The predicted octanol–water partition coefficient (Wildman–Crippen LogP) is 4.72. The number of rotatable bonds is 4. The van der Waals surface area contributed by atoms with Crippen LogP contribution in [0.3, 0.4) is 0 Å². The summed E-state index contributed by atoms with van der Waals surface area (Å²) in [4.78, 5) is 38.7. The average Bonchev–Trinajstić information content (AvgIpc) is 2.85. The molecule has 0 unspecified atom stereocenters. The number of carbonyl (C=O) groups is 1. The van der Waals surface area contributed by atoms with Crippen molar-refractivity contribution >= 4 is 27.7 Å². The summed E-state index contributed by atoms with van der Waals surface area (Å²) in [5.41, 5.74) is 1.18. The number of carbonyl (C=O) groups excluding carboxylic acids is 1. The molecule has 2 aromatic heterocycles. The van der Waals surface area contributed by atoms with Crippen LogP contribution < -0.4 is 15.7 Å². The van der Waals surface area contributed by atoms with E-state index in [1.54, 1.807) is 50.2 Å². The molecule has 0 atom stereocenters. The lowest BCUT2D eigenvalue weighted by Gasteiger charge is -2.10. The zero-order chi connectivity index (χ0) is 23.8. The summed E-state index contributed by atoms with van der Waals surface area (Å²) in [7, 11) is 0. The number of hydrogen-bond acceptors (Lipinski definition) is 6. The highest BCUT2D eigenvalue weighted by molar-refractivity contribution is 6.03. The smallest absolute Gasteiger partial charge is 0.364 e. The molecule has 0 aliphatic heterocycles. The molecule has 0 spiro atoms. The van der Waals surface area contributed by atoms with Crippen molar-refractivity contribution in [3.8, 4) is 16.9 Å². The van der Waals surface area contributed by atoms with E-state index in [4.69, 9.17) is 9.15 Å². The SMILES string of the molecule is CCn1nc(C(=O)Oc2ccc3c(=O)c(-c4ccccc4)c(C)oc3c2)c2ccccc2c1=O. The van der Waals surface area contributed by atoms with Gasteiger partial charge in [-0.2, -0.15) is 5.10 Å². The molecule has 0 bridgehead atoms. The molecular formula is C27H20N2O5. The Kier molecular flexibility index (Phi) is 5.30. The second-order valence-electron chi connectivity index (χ2n) is 7.79. The second-order valence-corrected chi connectivity index (χ2v) is 7.79. The van der Waals surface area contributed by atoms with Gasteiger partial charge in [0, 0.05) is 18.0 Å². The summed E-state index contributed by atoms with van der Waals surface area (Å²) in [6.45, 7) is 3.82. The first-order valence-electron chi connectivity index (χ1n) is 10.8. The Hall–Kier alpha value is -4.52. The van der Waals surface area contributed by atoms with Gasteiger partial charge < -0.3 is 9.15 Å². The van der Waals surface area contributed by atoms with E-state index < -0.39 is 5.97 Å². The van der Waals surface area contributed by atoms with Gasteiger partial charge in [0.2, 0.25) is 5.43 Å². The Morgan fingerprint density at radius 3 is 2.38 bits per heavy atom. The van der Waals surface area contributed by atoms with Gasteiger partial charge in [-0.3, -0.25) is 9.59 Å². The van der Waals surface area contributed by atoms with Gasteiger partial charge in [-0.15, -0.1) is 0 Å². The van der Waals surface area contributed by atoms with Crippen LogP contribution in [-0.2, 0) is 6.54 Å². The third-order valence-corrected chi connectivity index (χ3v) is 5.67. The molecule has 7 nitrogen and oxygen atoms in total. The third kappa shape index (κ3) is 3.57. The number of aromatic nitrogens is 2. The zero-order valence-electron chi connectivity index (χ0n) is 18.6. The van der Waals surface area contributed by atoms with Gasteiger partial charge in [0.1, 0.15) is 17.1 Å². The van der Waals surface area contributed by atoms with Crippen molar-refractivity contribution < 1.29 is 13.9 Å². The maximum absolute atomic E-state index is 13.1. The Labute approximate surface area is 193 Å². The van der Waals surface area contributed by atoms with E-state index in [-0.39, 0.29) is 22.4 Å². The molecule has 0 saturated carbocycles. The van der Waals surface area contributed by atoms with Gasteiger partial charge >= 0.3 is 5.97 Å². The van der Waals surface area contributed by atoms with Crippen LogP contribution in [0.1, 0.15) is 23.2 Å². The van der Waals surface area contributed by atoms with Crippen molar-refractivity contribution in [3.05, 3.63) is 105 Å². The van der Waals surface area contributed by atoms with Gasteiger partial charge in [0.15, 0.2) is 5.69 Å².